The summed E-state index contributed by atoms with van der Waals surface area (Å²) in [4.78, 5) is 0. The summed E-state index contributed by atoms with van der Waals surface area (Å²) in [5.41, 5.74) is 4.84. The Labute approximate surface area is 133 Å². The third-order valence-electron chi connectivity index (χ3n) is 3.64. The summed E-state index contributed by atoms with van der Waals surface area (Å²) < 4.78 is 24.6. The highest BCUT2D eigenvalue weighted by atomic mass is 32.2. The second-order valence-corrected chi connectivity index (χ2v) is 7.72. The molecule has 0 aliphatic heterocycles. The molecule has 0 saturated heterocycles. The molecule has 0 heterocycles. The van der Waals surface area contributed by atoms with Crippen molar-refractivity contribution in [3.63, 3.8) is 0 Å². The van der Waals surface area contributed by atoms with Gasteiger partial charge in [0.15, 0.2) is 0 Å². The molecule has 2 rings (SSSR count). The first kappa shape index (κ1) is 16.7. The fourth-order valence-corrected chi connectivity index (χ4v) is 2.78. The van der Waals surface area contributed by atoms with Crippen molar-refractivity contribution in [3.05, 3.63) is 59.7 Å². The summed E-state index contributed by atoms with van der Waals surface area (Å²) in [5, 5.41) is 0. The van der Waals surface area contributed by atoms with Gasteiger partial charge < -0.3 is 0 Å². The Balaban J connectivity index is 2.02. The molecule has 118 valence electrons. The van der Waals surface area contributed by atoms with Crippen LogP contribution in [0.25, 0.3) is 11.1 Å². The molecule has 0 amide bonds. The van der Waals surface area contributed by atoms with Crippen molar-refractivity contribution >= 4 is 10.0 Å². The molecule has 0 unspecified atom stereocenters. The van der Waals surface area contributed by atoms with E-state index in [9.17, 15) is 8.42 Å². The second-order valence-electron chi connectivity index (χ2n) is 5.89. The fourth-order valence-electron chi connectivity index (χ4n) is 2.31. The van der Waals surface area contributed by atoms with Crippen molar-refractivity contribution in [1.82, 2.24) is 4.72 Å². The van der Waals surface area contributed by atoms with E-state index in [1.807, 2.05) is 0 Å². The van der Waals surface area contributed by atoms with Gasteiger partial charge in [0, 0.05) is 6.54 Å². The maximum Gasteiger partial charge on any atom is 0.208 e. The van der Waals surface area contributed by atoms with Gasteiger partial charge in [0.2, 0.25) is 10.0 Å². The van der Waals surface area contributed by atoms with Gasteiger partial charge in [-0.25, -0.2) is 13.1 Å². The number of sulfonamides is 1. The average Bonchev–Trinajstić information content (AvgIpc) is 2.47. The zero-order valence-corrected chi connectivity index (χ0v) is 14.2. The summed E-state index contributed by atoms with van der Waals surface area (Å²) >= 11 is 0. The van der Waals surface area contributed by atoms with Gasteiger partial charge in [0.1, 0.15) is 0 Å². The van der Waals surface area contributed by atoms with Crippen LogP contribution in [0.2, 0.25) is 0 Å². The summed E-state index contributed by atoms with van der Waals surface area (Å²) in [5.74, 6) is 0.541. The van der Waals surface area contributed by atoms with Crippen molar-refractivity contribution in [2.24, 2.45) is 0 Å². The Bertz CT molecular complexity index is 702. The van der Waals surface area contributed by atoms with Crippen molar-refractivity contribution < 1.29 is 8.42 Å². The van der Waals surface area contributed by atoms with Crippen LogP contribution in [0.5, 0.6) is 0 Å². The minimum absolute atomic E-state index is 0.432. The van der Waals surface area contributed by atoms with Crippen LogP contribution < -0.4 is 4.72 Å². The van der Waals surface area contributed by atoms with E-state index < -0.39 is 10.0 Å². The van der Waals surface area contributed by atoms with Crippen LogP contribution in [-0.4, -0.2) is 21.2 Å². The van der Waals surface area contributed by atoms with E-state index in [1.165, 1.54) is 22.9 Å². The predicted octanol–water partition coefficient (Wildman–Crippen LogP) is 3.57. The first-order valence-electron chi connectivity index (χ1n) is 7.49. The van der Waals surface area contributed by atoms with Crippen LogP contribution in [0, 0.1) is 0 Å². The molecule has 0 aliphatic carbocycles. The molecule has 4 heteroatoms. The van der Waals surface area contributed by atoms with Gasteiger partial charge in [-0.3, -0.25) is 0 Å². The normalized spacial score (nSPS) is 11.8. The van der Waals surface area contributed by atoms with Crippen LogP contribution >= 0.6 is 0 Å². The molecule has 1 N–H and O–H groups in total. The molecule has 2 aromatic carbocycles. The largest absolute Gasteiger partial charge is 0.215 e. The van der Waals surface area contributed by atoms with Crippen LogP contribution in [0.4, 0.5) is 0 Å². The number of nitrogens with one attached hydrogen (secondary N) is 1. The Morgan fingerprint density at radius 3 is 1.86 bits per heavy atom. The Morgan fingerprint density at radius 1 is 0.909 bits per heavy atom. The molecule has 0 aliphatic rings. The van der Waals surface area contributed by atoms with Gasteiger partial charge in [0.25, 0.3) is 0 Å². The molecule has 0 atom stereocenters. The van der Waals surface area contributed by atoms with E-state index in [2.05, 4.69) is 67.1 Å². The summed E-state index contributed by atoms with van der Waals surface area (Å²) in [6, 6.07) is 16.9. The second kappa shape index (κ2) is 7.07. The summed E-state index contributed by atoms with van der Waals surface area (Å²) in [7, 11) is -3.11. The Morgan fingerprint density at radius 2 is 1.41 bits per heavy atom. The molecule has 3 nitrogen and oxygen atoms in total. The fraction of sp³-hybridized carbons (Fsp3) is 0.333. The lowest BCUT2D eigenvalue weighted by atomic mass is 9.98. The lowest BCUT2D eigenvalue weighted by molar-refractivity contribution is 0.588. The van der Waals surface area contributed by atoms with Crippen molar-refractivity contribution in [2.75, 3.05) is 12.8 Å². The molecule has 2 aromatic rings. The lowest BCUT2D eigenvalue weighted by Crippen LogP contribution is -2.24. The van der Waals surface area contributed by atoms with Crippen LogP contribution in [-0.2, 0) is 16.4 Å². The Kier molecular flexibility index (Phi) is 5.37. The van der Waals surface area contributed by atoms with E-state index in [1.54, 1.807) is 0 Å². The third kappa shape index (κ3) is 4.97. The molecular weight excluding hydrogens is 294 g/mol. The average molecular weight is 317 g/mol. The highest BCUT2D eigenvalue weighted by Gasteiger charge is 2.03. The third-order valence-corrected chi connectivity index (χ3v) is 4.37. The van der Waals surface area contributed by atoms with Crippen LogP contribution in [0.15, 0.2) is 48.5 Å². The topological polar surface area (TPSA) is 46.2 Å². The Hall–Kier alpha value is -1.65. The van der Waals surface area contributed by atoms with Crippen LogP contribution in [0.1, 0.15) is 30.9 Å². The molecule has 0 aromatic heterocycles. The standard InChI is InChI=1S/C18H23NO2S/c1-14(2)16-8-10-18(11-9-16)17-6-4-15(5-7-17)12-13-19-22(3,20)21/h4-11,14,19H,12-13H2,1-3H3. The molecule has 0 fully saturated rings. The number of benzene rings is 2. The van der Waals surface area contributed by atoms with Gasteiger partial charge >= 0.3 is 0 Å². The first-order valence-corrected chi connectivity index (χ1v) is 9.38. The SMILES string of the molecule is CC(C)c1ccc(-c2ccc(CCNS(C)(=O)=O)cc2)cc1. The van der Waals surface area contributed by atoms with E-state index in [0.717, 1.165) is 5.56 Å². The zero-order valence-electron chi connectivity index (χ0n) is 13.3. The molecular formula is C18H23NO2S. The maximum atomic E-state index is 11.0. The highest BCUT2D eigenvalue weighted by Crippen LogP contribution is 2.23. The maximum absolute atomic E-state index is 11.0. The highest BCUT2D eigenvalue weighted by molar-refractivity contribution is 7.88. The minimum atomic E-state index is -3.11. The minimum Gasteiger partial charge on any atom is -0.215 e. The van der Waals surface area contributed by atoms with Gasteiger partial charge in [-0.15, -0.1) is 0 Å². The quantitative estimate of drug-likeness (QED) is 0.885. The summed E-state index contributed by atoms with van der Waals surface area (Å²) in [6.45, 7) is 4.81. The number of rotatable bonds is 6. The first-order chi connectivity index (χ1) is 10.3. The number of hydrogen-bond donors (Lipinski definition) is 1. The monoisotopic (exact) mass is 317 g/mol. The van der Waals surface area contributed by atoms with Crippen LogP contribution in [0.3, 0.4) is 0 Å². The van der Waals surface area contributed by atoms with E-state index in [-0.39, 0.29) is 0 Å². The van der Waals surface area contributed by atoms with Gasteiger partial charge in [-0.05, 0) is 34.6 Å². The van der Waals surface area contributed by atoms with Gasteiger partial charge in [-0.1, -0.05) is 62.4 Å². The van der Waals surface area contributed by atoms with Crippen molar-refractivity contribution in [3.8, 4) is 11.1 Å². The lowest BCUT2D eigenvalue weighted by Gasteiger charge is -2.08. The van der Waals surface area contributed by atoms with Gasteiger partial charge in [0.05, 0.1) is 6.26 Å². The molecule has 0 saturated carbocycles. The van der Waals surface area contributed by atoms with Gasteiger partial charge in [-0.2, -0.15) is 0 Å². The van der Waals surface area contributed by atoms with E-state index in [0.29, 0.717) is 18.9 Å². The molecule has 0 bridgehead atoms. The smallest absolute Gasteiger partial charge is 0.208 e. The molecule has 0 spiro atoms. The zero-order chi connectivity index (χ0) is 16.2. The predicted molar refractivity (Wildman–Crippen MR) is 92.5 cm³/mol. The van der Waals surface area contributed by atoms with E-state index >= 15 is 0 Å². The van der Waals surface area contributed by atoms with E-state index in [4.69, 9.17) is 0 Å². The molecule has 0 radical (unpaired) electrons. The number of hydrogen-bond acceptors (Lipinski definition) is 2. The summed E-state index contributed by atoms with van der Waals surface area (Å²) in [6.07, 6.45) is 1.87. The van der Waals surface area contributed by atoms with Crippen molar-refractivity contribution in [2.45, 2.75) is 26.2 Å². The van der Waals surface area contributed by atoms with Crippen molar-refractivity contribution in [1.29, 1.82) is 0 Å². The molecule has 22 heavy (non-hydrogen) atoms.